The molecule has 1 aliphatic heterocycles. The molecule has 0 aromatic rings. The minimum Gasteiger partial charge on any atom is -0.395 e. The van der Waals surface area contributed by atoms with Crippen LogP contribution in [0.1, 0.15) is 106 Å². The first-order valence-electron chi connectivity index (χ1n) is 13.9. The van der Waals surface area contributed by atoms with Crippen LogP contribution in [-0.4, -0.2) is 23.4 Å². The van der Waals surface area contributed by atoms with E-state index >= 15 is 0 Å². The number of hydrogen-bond donors (Lipinski definition) is 1. The van der Waals surface area contributed by atoms with E-state index < -0.39 is 0 Å². The van der Waals surface area contributed by atoms with E-state index in [-0.39, 0.29) is 16.4 Å². The molecule has 0 aromatic carbocycles. The topological polar surface area (TPSA) is 32.8 Å². The van der Waals surface area contributed by atoms with Gasteiger partial charge in [-0.2, -0.15) is 0 Å². The third-order valence-corrected chi connectivity index (χ3v) is 13.4. The second-order valence-electron chi connectivity index (χ2n) is 14.8. The van der Waals surface area contributed by atoms with Crippen LogP contribution in [-0.2, 0) is 4.74 Å². The molecule has 0 radical (unpaired) electrons. The summed E-state index contributed by atoms with van der Waals surface area (Å²) in [6.45, 7) is 18.1. The highest BCUT2D eigenvalue weighted by Gasteiger charge is 2.82. The number of ether oxygens (including phenoxy) is 1. The predicted octanol–water partition coefficient (Wildman–Crippen LogP) is 7.16. The zero-order chi connectivity index (χ0) is 22.9. The molecule has 5 fully saturated rings. The van der Waals surface area contributed by atoms with Gasteiger partial charge in [0.05, 0.1) is 12.7 Å². The van der Waals surface area contributed by atoms with Crippen molar-refractivity contribution in [3.8, 4) is 0 Å². The van der Waals surface area contributed by atoms with Crippen molar-refractivity contribution in [1.29, 1.82) is 0 Å². The monoisotopic (exact) mass is 440 g/mol. The number of aliphatic hydroxyl groups is 1. The van der Waals surface area contributed by atoms with E-state index in [0.29, 0.717) is 34.9 Å². The summed E-state index contributed by atoms with van der Waals surface area (Å²) < 4.78 is 7.00. The first-order chi connectivity index (χ1) is 14.9. The fourth-order valence-corrected chi connectivity index (χ4v) is 11.7. The lowest BCUT2D eigenvalue weighted by Crippen LogP contribution is -2.66. The molecule has 2 nitrogen and oxygen atoms in total. The minimum atomic E-state index is -0.0934. The van der Waals surface area contributed by atoms with Crippen LogP contribution in [0.25, 0.3) is 0 Å². The van der Waals surface area contributed by atoms with Gasteiger partial charge in [0, 0.05) is 10.8 Å². The molecule has 0 bridgehead atoms. The van der Waals surface area contributed by atoms with Crippen molar-refractivity contribution in [2.45, 2.75) is 118 Å². The normalized spacial score (nSPS) is 57.6. The average molecular weight is 441 g/mol. The molecule has 4 saturated carbocycles. The molecular formula is C30H48O2. The summed E-state index contributed by atoms with van der Waals surface area (Å²) in [7, 11) is 0. The van der Waals surface area contributed by atoms with Crippen molar-refractivity contribution in [1.82, 2.24) is 0 Å². The number of epoxide rings is 1. The summed E-state index contributed by atoms with van der Waals surface area (Å²) in [4.78, 5) is 0. The second-order valence-corrected chi connectivity index (χ2v) is 14.8. The number of rotatable bonds is 2. The van der Waals surface area contributed by atoms with Crippen molar-refractivity contribution < 1.29 is 9.84 Å². The standard InChI is InChI=1S/C30H48O2/c1-19(2)20-9-10-21-26(20,5)15-16-28(7)27(21,6)14-11-22-29(18-31)13-8-12-25(3,4)23(29)17-24-30(22,28)32-24/h11,19-21,23-24,31H,8-10,12-18H2,1-7H3/t20-,21?,23?,24+,26-,27+,28+,29+,30+/m1/s1. The van der Waals surface area contributed by atoms with Crippen molar-refractivity contribution >= 4 is 0 Å². The third-order valence-electron chi connectivity index (χ3n) is 13.4. The number of hydrogen-bond acceptors (Lipinski definition) is 2. The van der Waals surface area contributed by atoms with Crippen LogP contribution in [0.2, 0.25) is 0 Å². The average Bonchev–Trinajstić information content (AvgIpc) is 3.35. The quantitative estimate of drug-likeness (QED) is 0.365. The predicted molar refractivity (Wildman–Crippen MR) is 130 cm³/mol. The molecule has 0 amide bonds. The number of aliphatic hydroxyl groups excluding tert-OH is 1. The lowest BCUT2D eigenvalue weighted by molar-refractivity contribution is -0.158. The summed E-state index contributed by atoms with van der Waals surface area (Å²) >= 11 is 0. The SMILES string of the molecule is CC(C)[C@H]1CCC2[C@]1(C)CC[C@@]1(C)[C@@]2(C)CC=C2[C@@]3(CO)CCCC(C)(C)C3C[C@@H]3O[C@@]231. The van der Waals surface area contributed by atoms with Crippen LogP contribution in [0.15, 0.2) is 11.6 Å². The highest BCUT2D eigenvalue weighted by Crippen LogP contribution is 2.82. The smallest absolute Gasteiger partial charge is 0.122 e. The number of fused-ring (bicyclic) bond motifs is 5. The Bertz CT molecular complexity index is 857. The van der Waals surface area contributed by atoms with E-state index in [4.69, 9.17) is 4.74 Å². The molecule has 32 heavy (non-hydrogen) atoms. The van der Waals surface area contributed by atoms with Crippen molar-refractivity contribution in [2.75, 3.05) is 6.61 Å². The Kier molecular flexibility index (Phi) is 4.33. The largest absolute Gasteiger partial charge is 0.395 e. The third kappa shape index (κ3) is 2.18. The molecule has 5 aliphatic carbocycles. The molecule has 2 unspecified atom stereocenters. The lowest BCUT2D eigenvalue weighted by Gasteiger charge is -2.68. The Morgan fingerprint density at radius 1 is 1.00 bits per heavy atom. The molecular weight excluding hydrogens is 392 g/mol. The van der Waals surface area contributed by atoms with Gasteiger partial charge in [0.2, 0.25) is 0 Å². The second kappa shape index (κ2) is 6.26. The van der Waals surface area contributed by atoms with Gasteiger partial charge >= 0.3 is 0 Å². The van der Waals surface area contributed by atoms with Gasteiger partial charge in [-0.1, -0.05) is 61.0 Å². The molecule has 180 valence electrons. The summed E-state index contributed by atoms with van der Waals surface area (Å²) in [5.41, 5.74) is 2.69. The van der Waals surface area contributed by atoms with Crippen molar-refractivity contribution in [3.63, 3.8) is 0 Å². The van der Waals surface area contributed by atoms with Crippen LogP contribution in [0.5, 0.6) is 0 Å². The summed E-state index contributed by atoms with van der Waals surface area (Å²) in [5, 5.41) is 11.0. The summed E-state index contributed by atoms with van der Waals surface area (Å²) in [6, 6.07) is 0. The van der Waals surface area contributed by atoms with Crippen molar-refractivity contribution in [2.24, 2.45) is 50.7 Å². The van der Waals surface area contributed by atoms with E-state index in [2.05, 4.69) is 54.5 Å². The van der Waals surface area contributed by atoms with Gasteiger partial charge < -0.3 is 9.84 Å². The van der Waals surface area contributed by atoms with Gasteiger partial charge in [-0.15, -0.1) is 0 Å². The van der Waals surface area contributed by atoms with E-state index in [1.165, 1.54) is 44.9 Å². The van der Waals surface area contributed by atoms with Gasteiger partial charge in [0.25, 0.3) is 0 Å². The Balaban J connectivity index is 1.48. The van der Waals surface area contributed by atoms with Crippen molar-refractivity contribution in [3.05, 3.63) is 11.6 Å². The summed E-state index contributed by atoms with van der Waals surface area (Å²) in [5.74, 6) is 3.00. The first-order valence-corrected chi connectivity index (χ1v) is 13.9. The fourth-order valence-electron chi connectivity index (χ4n) is 11.7. The zero-order valence-electron chi connectivity index (χ0n) is 21.9. The minimum absolute atomic E-state index is 0.0457. The maximum atomic E-state index is 11.0. The fraction of sp³-hybridized carbons (Fsp3) is 0.933. The molecule has 0 aromatic heterocycles. The van der Waals surface area contributed by atoms with Gasteiger partial charge in [0.15, 0.2) is 0 Å². The Morgan fingerprint density at radius 3 is 2.44 bits per heavy atom. The molecule has 6 rings (SSSR count). The van der Waals surface area contributed by atoms with Gasteiger partial charge in [-0.25, -0.2) is 0 Å². The molecule has 1 saturated heterocycles. The molecule has 1 spiro atoms. The van der Waals surface area contributed by atoms with E-state index in [1.54, 1.807) is 5.57 Å². The molecule has 2 heteroatoms. The highest BCUT2D eigenvalue weighted by atomic mass is 16.6. The van der Waals surface area contributed by atoms with Crippen LogP contribution in [0.4, 0.5) is 0 Å². The zero-order valence-corrected chi connectivity index (χ0v) is 21.9. The lowest BCUT2D eigenvalue weighted by atomic mass is 9.35. The first kappa shape index (κ1) is 22.1. The number of allylic oxidation sites excluding steroid dienone is 1. The Morgan fingerprint density at radius 2 is 1.75 bits per heavy atom. The summed E-state index contributed by atoms with van der Waals surface area (Å²) in [6.07, 6.45) is 14.5. The maximum absolute atomic E-state index is 11.0. The van der Waals surface area contributed by atoms with Gasteiger partial charge in [0.1, 0.15) is 5.60 Å². The van der Waals surface area contributed by atoms with Gasteiger partial charge in [-0.3, -0.25) is 0 Å². The Hall–Kier alpha value is -0.340. The molecule has 9 atom stereocenters. The van der Waals surface area contributed by atoms with E-state index in [0.717, 1.165) is 30.6 Å². The maximum Gasteiger partial charge on any atom is 0.122 e. The Labute approximate surface area is 197 Å². The van der Waals surface area contributed by atoms with Crippen LogP contribution >= 0.6 is 0 Å². The van der Waals surface area contributed by atoms with Crippen LogP contribution in [0, 0.1) is 50.7 Å². The molecule has 6 aliphatic rings. The van der Waals surface area contributed by atoms with E-state index in [1.807, 2.05) is 0 Å². The molecule has 1 N–H and O–H groups in total. The highest BCUT2D eigenvalue weighted by molar-refractivity contribution is 5.47. The van der Waals surface area contributed by atoms with Gasteiger partial charge in [-0.05, 0) is 96.9 Å². The van der Waals surface area contributed by atoms with Crippen LogP contribution in [0.3, 0.4) is 0 Å². The van der Waals surface area contributed by atoms with E-state index in [9.17, 15) is 5.11 Å². The van der Waals surface area contributed by atoms with Crippen LogP contribution < -0.4 is 0 Å². The molecule has 1 heterocycles.